The number of nitrogens with one attached hydrogen (secondary N) is 1. The second-order valence-electron chi connectivity index (χ2n) is 7.42. The third kappa shape index (κ3) is 5.93. The third-order valence-corrected chi connectivity index (χ3v) is 7.54. The number of ether oxygens (including phenoxy) is 1. The zero-order valence-corrected chi connectivity index (χ0v) is 20.9. The minimum atomic E-state index is -4.36. The Morgan fingerprint density at radius 3 is 1.80 bits per heavy atom. The van der Waals surface area contributed by atoms with Crippen LogP contribution in [0.25, 0.3) is 0 Å². The lowest BCUT2D eigenvalue weighted by Gasteiger charge is -2.20. The molecule has 0 aliphatic carbocycles. The van der Waals surface area contributed by atoms with Crippen molar-refractivity contribution in [2.24, 2.45) is 0 Å². The van der Waals surface area contributed by atoms with E-state index in [9.17, 15) is 35.4 Å². The van der Waals surface area contributed by atoms with Gasteiger partial charge in [-0.2, -0.15) is 0 Å². The monoisotopic (exact) mass is 541 g/mol. The lowest BCUT2D eigenvalue weighted by atomic mass is 10.3. The summed E-state index contributed by atoms with van der Waals surface area (Å²) in [5, 5.41) is 11.9. The van der Waals surface area contributed by atoms with Crippen molar-refractivity contribution in [3.05, 3.63) is 64.7 Å². The van der Waals surface area contributed by atoms with Crippen LogP contribution in [0.3, 0.4) is 0 Å². The van der Waals surface area contributed by atoms with E-state index >= 15 is 0 Å². The second kappa shape index (κ2) is 9.24. The largest absolute Gasteiger partial charge is 0.453 e. The second-order valence-corrected chi connectivity index (χ2v) is 13.2. The Bertz CT molecular complexity index is 1620. The average Bonchev–Trinajstić information content (AvgIpc) is 2.72. The number of nitro benzene ring substituents is 1. The SMILES string of the molecule is CS(=O)(=O)c1nc(S(C)(=O)=O)c(Oc2ccc([N+](=O)[O-])cc2)c(S(C)(=O)=O)c1Nc1ccccc1. The Morgan fingerprint density at radius 1 is 0.800 bits per heavy atom. The van der Waals surface area contributed by atoms with Crippen LogP contribution in [0.5, 0.6) is 11.5 Å². The summed E-state index contributed by atoms with van der Waals surface area (Å²) in [4.78, 5) is 13.3. The molecule has 0 aliphatic rings. The van der Waals surface area contributed by atoms with Crippen molar-refractivity contribution >= 4 is 46.6 Å². The van der Waals surface area contributed by atoms with Crippen LogP contribution in [0.15, 0.2) is 69.5 Å². The molecule has 15 heteroatoms. The third-order valence-electron chi connectivity index (χ3n) is 4.43. The zero-order valence-electron chi connectivity index (χ0n) is 18.5. The summed E-state index contributed by atoms with van der Waals surface area (Å²) in [7, 11) is -12.9. The van der Waals surface area contributed by atoms with E-state index in [2.05, 4.69) is 10.3 Å². The molecule has 0 bridgehead atoms. The molecule has 0 unspecified atom stereocenters. The molecule has 0 amide bonds. The van der Waals surface area contributed by atoms with Crippen LogP contribution < -0.4 is 10.1 Å². The van der Waals surface area contributed by atoms with Gasteiger partial charge in [0.15, 0.2) is 40.3 Å². The number of non-ortho nitro benzene ring substituents is 1. The zero-order chi connectivity index (χ0) is 26.2. The van der Waals surface area contributed by atoms with Crippen molar-refractivity contribution in [2.75, 3.05) is 24.1 Å². The fourth-order valence-electron chi connectivity index (χ4n) is 3.00. The van der Waals surface area contributed by atoms with E-state index in [1.54, 1.807) is 18.2 Å². The van der Waals surface area contributed by atoms with E-state index in [-0.39, 0.29) is 17.1 Å². The van der Waals surface area contributed by atoms with Crippen molar-refractivity contribution < 1.29 is 34.9 Å². The van der Waals surface area contributed by atoms with Gasteiger partial charge in [-0.15, -0.1) is 0 Å². The fourth-order valence-corrected chi connectivity index (χ4v) is 5.70. The standard InChI is InChI=1S/C20H19N3O9S3/c1-33(26,27)18-16(21-13-7-5-4-6-8-13)19(34(2,28)29)22-20(35(3,30)31)17(18)32-15-11-9-14(10-12-15)23(24)25/h4-12,21H,1-3H3. The molecule has 0 saturated carbocycles. The molecule has 1 aromatic heterocycles. The number of sulfone groups is 3. The van der Waals surface area contributed by atoms with E-state index in [1.807, 2.05) is 0 Å². The Balaban J connectivity index is 2.43. The first-order chi connectivity index (χ1) is 16.1. The summed E-state index contributed by atoms with van der Waals surface area (Å²) in [6.45, 7) is 0. The molecule has 0 atom stereocenters. The molecule has 186 valence electrons. The number of nitro groups is 1. The summed E-state index contributed by atoms with van der Waals surface area (Å²) in [6, 6.07) is 12.3. The number of aromatic nitrogens is 1. The van der Waals surface area contributed by atoms with Crippen LogP contribution in [-0.2, 0) is 29.5 Å². The van der Waals surface area contributed by atoms with Crippen LogP contribution >= 0.6 is 0 Å². The van der Waals surface area contributed by atoms with Crippen LogP contribution in [-0.4, -0.2) is 53.9 Å². The van der Waals surface area contributed by atoms with Gasteiger partial charge in [-0.1, -0.05) is 18.2 Å². The molecular weight excluding hydrogens is 522 g/mol. The van der Waals surface area contributed by atoms with Gasteiger partial charge < -0.3 is 10.1 Å². The van der Waals surface area contributed by atoms with Gasteiger partial charge in [0.05, 0.1) is 10.6 Å². The maximum atomic E-state index is 12.9. The maximum Gasteiger partial charge on any atom is 0.269 e. The normalized spacial score (nSPS) is 12.2. The number of nitrogens with zero attached hydrogens (tertiary/aromatic N) is 2. The molecule has 0 radical (unpaired) electrons. The Labute approximate surface area is 201 Å². The van der Waals surface area contributed by atoms with Crippen molar-refractivity contribution in [3.63, 3.8) is 0 Å². The van der Waals surface area contributed by atoms with E-state index in [0.717, 1.165) is 36.8 Å². The van der Waals surface area contributed by atoms with Gasteiger partial charge in [0, 0.05) is 36.6 Å². The first-order valence-electron chi connectivity index (χ1n) is 9.51. The van der Waals surface area contributed by atoms with Gasteiger partial charge in [-0.3, -0.25) is 10.1 Å². The van der Waals surface area contributed by atoms with Crippen LogP contribution in [0, 0.1) is 10.1 Å². The van der Waals surface area contributed by atoms with Gasteiger partial charge in [-0.05, 0) is 24.3 Å². The summed E-state index contributed by atoms with van der Waals surface area (Å²) in [5.74, 6) is -0.903. The molecule has 35 heavy (non-hydrogen) atoms. The molecule has 2 aromatic carbocycles. The molecule has 0 saturated heterocycles. The number of para-hydroxylation sites is 1. The number of anilines is 2. The highest BCUT2D eigenvalue weighted by atomic mass is 32.2. The quantitative estimate of drug-likeness (QED) is 0.327. The average molecular weight is 542 g/mol. The predicted molar refractivity (Wildman–Crippen MR) is 126 cm³/mol. The lowest BCUT2D eigenvalue weighted by molar-refractivity contribution is -0.384. The number of benzene rings is 2. The number of pyridine rings is 1. The Kier molecular flexibility index (Phi) is 6.88. The van der Waals surface area contributed by atoms with Gasteiger partial charge >= 0.3 is 0 Å². The minimum absolute atomic E-state index is 0.148. The Morgan fingerprint density at radius 2 is 1.34 bits per heavy atom. The molecule has 0 aliphatic heterocycles. The van der Waals surface area contributed by atoms with Crippen LogP contribution in [0.4, 0.5) is 17.1 Å². The topological polar surface area (TPSA) is 180 Å². The van der Waals surface area contributed by atoms with Crippen molar-refractivity contribution in [3.8, 4) is 11.5 Å². The van der Waals surface area contributed by atoms with Gasteiger partial charge in [0.1, 0.15) is 10.6 Å². The van der Waals surface area contributed by atoms with Gasteiger partial charge in [0.2, 0.25) is 5.03 Å². The molecule has 3 rings (SSSR count). The highest BCUT2D eigenvalue weighted by Gasteiger charge is 2.35. The predicted octanol–water partition coefficient (Wildman–Crippen LogP) is 2.74. The molecule has 3 aromatic rings. The van der Waals surface area contributed by atoms with E-state index in [4.69, 9.17) is 4.74 Å². The molecule has 12 nitrogen and oxygen atoms in total. The van der Waals surface area contributed by atoms with E-state index in [1.165, 1.54) is 12.1 Å². The first kappa shape index (κ1) is 26.1. The molecule has 0 spiro atoms. The van der Waals surface area contributed by atoms with Crippen molar-refractivity contribution in [1.82, 2.24) is 4.98 Å². The lowest BCUT2D eigenvalue weighted by Crippen LogP contribution is -2.17. The molecule has 1 heterocycles. The Hall–Kier alpha value is -3.56. The van der Waals surface area contributed by atoms with Crippen LogP contribution in [0.1, 0.15) is 0 Å². The number of hydrogen-bond donors (Lipinski definition) is 1. The number of hydrogen-bond acceptors (Lipinski definition) is 11. The van der Waals surface area contributed by atoms with Gasteiger partial charge in [0.25, 0.3) is 5.69 Å². The maximum absolute atomic E-state index is 12.9. The van der Waals surface area contributed by atoms with E-state index < -0.39 is 60.8 Å². The summed E-state index contributed by atoms with van der Waals surface area (Å²) in [6.07, 6.45) is 2.21. The fraction of sp³-hybridized carbons (Fsp3) is 0.150. The van der Waals surface area contributed by atoms with Crippen molar-refractivity contribution in [1.29, 1.82) is 0 Å². The first-order valence-corrected chi connectivity index (χ1v) is 15.2. The molecular formula is C20H19N3O9S3. The summed E-state index contributed by atoms with van der Waals surface area (Å²) < 4.78 is 81.8. The van der Waals surface area contributed by atoms with Gasteiger partial charge in [-0.25, -0.2) is 30.2 Å². The van der Waals surface area contributed by atoms with Crippen LogP contribution in [0.2, 0.25) is 0 Å². The van der Waals surface area contributed by atoms with E-state index in [0.29, 0.717) is 6.26 Å². The highest BCUT2D eigenvalue weighted by molar-refractivity contribution is 7.92. The molecule has 0 fully saturated rings. The van der Waals surface area contributed by atoms with Crippen molar-refractivity contribution in [2.45, 2.75) is 14.9 Å². The number of rotatable bonds is 8. The molecule has 1 N–H and O–H groups in total. The summed E-state index contributed by atoms with van der Waals surface area (Å²) in [5.41, 5.74) is -0.510. The minimum Gasteiger partial charge on any atom is -0.453 e. The highest BCUT2D eigenvalue weighted by Crippen LogP contribution is 2.43. The summed E-state index contributed by atoms with van der Waals surface area (Å²) >= 11 is 0. The smallest absolute Gasteiger partial charge is 0.269 e.